The molecule has 0 bridgehead atoms. The van der Waals surface area contributed by atoms with Crippen molar-refractivity contribution in [2.24, 2.45) is 0 Å². The summed E-state index contributed by atoms with van der Waals surface area (Å²) in [7, 11) is 0. The SMILES string of the molecule is CSc1nnc2c(n1)O[C@H](c1ccccc1C)Nc1ccc(Br)cc1-2. The Balaban J connectivity index is 1.90. The first-order chi connectivity index (χ1) is 12.2. The van der Waals surface area contributed by atoms with Gasteiger partial charge in [0.25, 0.3) is 0 Å². The van der Waals surface area contributed by atoms with Gasteiger partial charge in [-0.3, -0.25) is 0 Å². The molecule has 1 atom stereocenters. The number of fused-ring (bicyclic) bond motifs is 3. The molecule has 2 aromatic carbocycles. The van der Waals surface area contributed by atoms with Gasteiger partial charge in [0.05, 0.1) is 0 Å². The average Bonchev–Trinajstić information content (AvgIpc) is 2.78. The van der Waals surface area contributed by atoms with Crippen LogP contribution in [0.4, 0.5) is 5.69 Å². The average molecular weight is 415 g/mol. The Morgan fingerprint density at radius 3 is 2.80 bits per heavy atom. The lowest BCUT2D eigenvalue weighted by atomic mass is 10.1. The molecule has 1 N–H and O–H groups in total. The van der Waals surface area contributed by atoms with Gasteiger partial charge in [0.2, 0.25) is 11.0 Å². The second-order valence-electron chi connectivity index (χ2n) is 5.64. The van der Waals surface area contributed by atoms with Crippen molar-refractivity contribution in [3.05, 3.63) is 58.1 Å². The minimum atomic E-state index is -0.353. The predicted molar refractivity (Wildman–Crippen MR) is 103 cm³/mol. The van der Waals surface area contributed by atoms with E-state index in [0.29, 0.717) is 16.7 Å². The first-order valence-electron chi connectivity index (χ1n) is 7.73. The van der Waals surface area contributed by atoms with E-state index in [0.717, 1.165) is 26.9 Å². The van der Waals surface area contributed by atoms with Crippen LogP contribution in [0.25, 0.3) is 11.3 Å². The molecule has 0 saturated heterocycles. The normalized spacial score (nSPS) is 15.4. The summed E-state index contributed by atoms with van der Waals surface area (Å²) in [6.07, 6.45) is 1.57. The summed E-state index contributed by atoms with van der Waals surface area (Å²) in [6.45, 7) is 2.07. The Labute approximate surface area is 158 Å². The van der Waals surface area contributed by atoms with Gasteiger partial charge in [-0.2, -0.15) is 4.98 Å². The lowest BCUT2D eigenvalue weighted by Gasteiger charge is -2.21. The largest absolute Gasteiger partial charge is 0.448 e. The van der Waals surface area contributed by atoms with Crippen molar-refractivity contribution in [3.63, 3.8) is 0 Å². The topological polar surface area (TPSA) is 59.9 Å². The zero-order chi connectivity index (χ0) is 17.4. The van der Waals surface area contributed by atoms with Crippen LogP contribution in [0.3, 0.4) is 0 Å². The van der Waals surface area contributed by atoms with Gasteiger partial charge >= 0.3 is 0 Å². The first-order valence-corrected chi connectivity index (χ1v) is 9.75. The van der Waals surface area contributed by atoms with Crippen molar-refractivity contribution in [1.82, 2.24) is 15.2 Å². The third-order valence-electron chi connectivity index (χ3n) is 4.04. The van der Waals surface area contributed by atoms with Crippen molar-refractivity contribution in [2.45, 2.75) is 18.3 Å². The third kappa shape index (κ3) is 3.09. The number of nitrogens with one attached hydrogen (secondary N) is 1. The zero-order valence-corrected chi connectivity index (χ0v) is 16.1. The molecular formula is C18H15BrN4OS. The van der Waals surface area contributed by atoms with Gasteiger partial charge in [-0.25, -0.2) is 0 Å². The lowest BCUT2D eigenvalue weighted by molar-refractivity contribution is 0.224. The molecule has 25 heavy (non-hydrogen) atoms. The van der Waals surface area contributed by atoms with Gasteiger partial charge < -0.3 is 10.1 Å². The van der Waals surface area contributed by atoms with Crippen molar-refractivity contribution in [3.8, 4) is 17.1 Å². The second kappa shape index (κ2) is 6.65. The van der Waals surface area contributed by atoms with Crippen LogP contribution in [0.1, 0.15) is 17.4 Å². The quantitative estimate of drug-likeness (QED) is 0.605. The molecule has 126 valence electrons. The van der Waals surface area contributed by atoms with Crippen LogP contribution in [0, 0.1) is 6.92 Å². The maximum atomic E-state index is 6.24. The van der Waals surface area contributed by atoms with Crippen molar-refractivity contribution in [2.75, 3.05) is 11.6 Å². The highest BCUT2D eigenvalue weighted by molar-refractivity contribution is 9.10. The molecule has 0 spiro atoms. The molecule has 2 heterocycles. The number of rotatable bonds is 2. The minimum absolute atomic E-state index is 0.353. The Kier molecular flexibility index (Phi) is 4.35. The number of thioether (sulfide) groups is 1. The number of ether oxygens (including phenoxy) is 1. The molecule has 7 heteroatoms. The summed E-state index contributed by atoms with van der Waals surface area (Å²) in [5, 5.41) is 12.6. The molecule has 0 radical (unpaired) electrons. The predicted octanol–water partition coefficient (Wildman–Crippen LogP) is 4.83. The number of hydrogen-bond donors (Lipinski definition) is 1. The van der Waals surface area contributed by atoms with Gasteiger partial charge in [0, 0.05) is 21.3 Å². The molecule has 0 saturated carbocycles. The van der Waals surface area contributed by atoms with Gasteiger partial charge in [-0.05, 0) is 36.9 Å². The van der Waals surface area contributed by atoms with E-state index in [1.165, 1.54) is 11.8 Å². The van der Waals surface area contributed by atoms with Crippen LogP contribution in [0.15, 0.2) is 52.1 Å². The fourth-order valence-electron chi connectivity index (χ4n) is 2.78. The monoisotopic (exact) mass is 414 g/mol. The van der Waals surface area contributed by atoms with E-state index in [4.69, 9.17) is 4.74 Å². The summed E-state index contributed by atoms with van der Waals surface area (Å²) in [5.74, 6) is 0.483. The van der Waals surface area contributed by atoms with E-state index in [1.54, 1.807) is 0 Å². The molecule has 0 amide bonds. The number of anilines is 1. The van der Waals surface area contributed by atoms with Crippen LogP contribution < -0.4 is 10.1 Å². The molecular weight excluding hydrogens is 400 g/mol. The lowest BCUT2D eigenvalue weighted by Crippen LogP contribution is -2.18. The maximum Gasteiger partial charge on any atom is 0.247 e. The Hall–Kier alpha value is -2.12. The van der Waals surface area contributed by atoms with E-state index < -0.39 is 0 Å². The van der Waals surface area contributed by atoms with Crippen molar-refractivity contribution in [1.29, 1.82) is 0 Å². The molecule has 1 aromatic heterocycles. The molecule has 1 aliphatic rings. The molecule has 3 aromatic rings. The smallest absolute Gasteiger partial charge is 0.247 e. The molecule has 4 rings (SSSR count). The Morgan fingerprint density at radius 2 is 2.00 bits per heavy atom. The molecule has 1 aliphatic heterocycles. The second-order valence-corrected chi connectivity index (χ2v) is 7.33. The minimum Gasteiger partial charge on any atom is -0.448 e. The van der Waals surface area contributed by atoms with Gasteiger partial charge in [0.1, 0.15) is 0 Å². The fraction of sp³-hybridized carbons (Fsp3) is 0.167. The highest BCUT2D eigenvalue weighted by Gasteiger charge is 2.26. The van der Waals surface area contributed by atoms with Crippen LogP contribution in [-0.4, -0.2) is 21.4 Å². The maximum absolute atomic E-state index is 6.24. The van der Waals surface area contributed by atoms with E-state index in [-0.39, 0.29) is 6.23 Å². The summed E-state index contributed by atoms with van der Waals surface area (Å²) >= 11 is 4.96. The highest BCUT2D eigenvalue weighted by Crippen LogP contribution is 2.41. The number of halogens is 1. The molecule has 0 aliphatic carbocycles. The van der Waals surface area contributed by atoms with Crippen LogP contribution in [-0.2, 0) is 0 Å². The summed E-state index contributed by atoms with van der Waals surface area (Å²) in [5.41, 5.74) is 4.69. The Morgan fingerprint density at radius 1 is 1.16 bits per heavy atom. The van der Waals surface area contributed by atoms with Gasteiger partial charge in [-0.15, -0.1) is 10.2 Å². The van der Waals surface area contributed by atoms with Crippen molar-refractivity contribution < 1.29 is 4.74 Å². The number of nitrogens with zero attached hydrogens (tertiary/aromatic N) is 3. The highest BCUT2D eigenvalue weighted by atomic mass is 79.9. The molecule has 5 nitrogen and oxygen atoms in total. The van der Waals surface area contributed by atoms with E-state index in [9.17, 15) is 0 Å². The van der Waals surface area contributed by atoms with E-state index >= 15 is 0 Å². The third-order valence-corrected chi connectivity index (χ3v) is 5.07. The first kappa shape index (κ1) is 16.4. The number of hydrogen-bond acceptors (Lipinski definition) is 6. The van der Waals surface area contributed by atoms with Crippen LogP contribution >= 0.6 is 27.7 Å². The standard InChI is InChI=1S/C18H15BrN4OS/c1-10-5-3-4-6-12(10)16-20-14-8-7-11(19)9-13(14)15-17(24-16)21-18(25-2)23-22-15/h3-9,16,20H,1-2H3/t16-/m1/s1. The van der Waals surface area contributed by atoms with E-state index in [2.05, 4.69) is 55.5 Å². The van der Waals surface area contributed by atoms with E-state index in [1.807, 2.05) is 36.6 Å². The summed E-state index contributed by atoms with van der Waals surface area (Å²) < 4.78 is 7.20. The van der Waals surface area contributed by atoms with Gasteiger partial charge in [0.15, 0.2) is 11.9 Å². The van der Waals surface area contributed by atoms with Crippen molar-refractivity contribution >= 4 is 33.4 Å². The number of aryl methyl sites for hydroxylation is 1. The summed E-state index contributed by atoms with van der Waals surface area (Å²) in [6, 6.07) is 14.1. The number of aromatic nitrogens is 3. The fourth-order valence-corrected chi connectivity index (χ4v) is 3.44. The molecule has 0 unspecified atom stereocenters. The van der Waals surface area contributed by atoms with Crippen LogP contribution in [0.2, 0.25) is 0 Å². The number of benzene rings is 2. The summed E-state index contributed by atoms with van der Waals surface area (Å²) in [4.78, 5) is 4.54. The zero-order valence-electron chi connectivity index (χ0n) is 13.7. The van der Waals surface area contributed by atoms with Crippen LogP contribution in [0.5, 0.6) is 5.88 Å². The molecule has 0 fully saturated rings. The Bertz CT molecular complexity index is 950. The van der Waals surface area contributed by atoms with Gasteiger partial charge in [-0.1, -0.05) is 52.0 Å².